The van der Waals surface area contributed by atoms with Crippen LogP contribution in [0.4, 0.5) is 0 Å². The average molecular weight is 570 g/mol. The number of phosphoric acid groups is 1. The van der Waals surface area contributed by atoms with Crippen molar-refractivity contribution in [3.8, 4) is 0 Å². The van der Waals surface area contributed by atoms with E-state index in [0.29, 0.717) is 6.61 Å². The van der Waals surface area contributed by atoms with Crippen LogP contribution in [0.2, 0.25) is 0 Å². The predicted octanol–water partition coefficient (Wildman–Crippen LogP) is -3.52. The molecule has 0 amide bonds. The first-order valence-electron chi connectivity index (χ1n) is 12.3. The molecule has 0 saturated carbocycles. The molecule has 15 heteroatoms. The molecular formula is C22H45NNaO12P. The minimum Gasteiger partial charge on any atom is -0.756 e. The Labute approximate surface area is 241 Å². The van der Waals surface area contributed by atoms with E-state index in [2.05, 4.69) is 16.0 Å². The van der Waals surface area contributed by atoms with Gasteiger partial charge in [-0.1, -0.05) is 26.7 Å². The van der Waals surface area contributed by atoms with E-state index in [4.69, 9.17) is 29.8 Å². The van der Waals surface area contributed by atoms with Gasteiger partial charge >= 0.3 is 29.6 Å². The molecular weight excluding hydrogens is 524 g/mol. The molecule has 0 aliphatic carbocycles. The SMILES string of the molecule is COP(=O)([O-])O[C@H]1OC(CO)[C@@H](O)[C@H](O)C1C.CO[C@H]1CC(CO)O[C@H](OCCCCCCN)C1C.[Na+]. The molecule has 2 heterocycles. The summed E-state index contributed by atoms with van der Waals surface area (Å²) in [4.78, 5) is 11.1. The summed E-state index contributed by atoms with van der Waals surface area (Å²) in [5.74, 6) is -0.595. The summed E-state index contributed by atoms with van der Waals surface area (Å²) in [5.41, 5.74) is 5.45. The van der Waals surface area contributed by atoms with Gasteiger partial charge in [-0.15, -0.1) is 0 Å². The number of ether oxygens (including phenoxy) is 4. The molecule has 5 unspecified atom stereocenters. The monoisotopic (exact) mass is 569 g/mol. The van der Waals surface area contributed by atoms with E-state index < -0.39 is 44.9 Å². The second-order valence-corrected chi connectivity index (χ2v) is 10.5. The van der Waals surface area contributed by atoms with Crippen molar-refractivity contribution in [3.63, 3.8) is 0 Å². The van der Waals surface area contributed by atoms with Crippen molar-refractivity contribution in [3.05, 3.63) is 0 Å². The van der Waals surface area contributed by atoms with Gasteiger partial charge in [0.25, 0.3) is 7.82 Å². The zero-order valence-corrected chi connectivity index (χ0v) is 25.5. The minimum absolute atomic E-state index is 0. The van der Waals surface area contributed by atoms with Crippen molar-refractivity contribution in [2.24, 2.45) is 17.6 Å². The van der Waals surface area contributed by atoms with E-state index in [1.165, 1.54) is 6.92 Å². The summed E-state index contributed by atoms with van der Waals surface area (Å²) >= 11 is 0. The van der Waals surface area contributed by atoms with Gasteiger partial charge in [0.2, 0.25) is 0 Å². The van der Waals surface area contributed by atoms with Crippen LogP contribution >= 0.6 is 7.82 Å². The molecule has 0 aromatic heterocycles. The number of phosphoric ester groups is 1. The van der Waals surface area contributed by atoms with Crippen LogP contribution in [0.3, 0.4) is 0 Å². The Bertz CT molecular complexity index is 636. The Morgan fingerprint density at radius 2 is 1.62 bits per heavy atom. The Kier molecular flexibility index (Phi) is 20.2. The molecule has 0 spiro atoms. The van der Waals surface area contributed by atoms with E-state index >= 15 is 0 Å². The van der Waals surface area contributed by atoms with Crippen molar-refractivity contribution in [1.29, 1.82) is 0 Å². The van der Waals surface area contributed by atoms with E-state index in [0.717, 1.165) is 45.8 Å². The number of rotatable bonds is 13. The van der Waals surface area contributed by atoms with Crippen molar-refractivity contribution >= 4 is 7.82 Å². The van der Waals surface area contributed by atoms with Crippen LogP contribution < -0.4 is 40.2 Å². The fourth-order valence-electron chi connectivity index (χ4n) is 3.95. The zero-order valence-electron chi connectivity index (χ0n) is 22.6. The van der Waals surface area contributed by atoms with Crippen LogP contribution in [-0.4, -0.2) is 104 Å². The molecule has 10 atom stereocenters. The quantitative estimate of drug-likeness (QED) is 0.0831. The molecule has 2 aliphatic heterocycles. The van der Waals surface area contributed by atoms with Crippen LogP contribution in [0.25, 0.3) is 0 Å². The maximum atomic E-state index is 11.1. The maximum Gasteiger partial charge on any atom is 1.00 e. The number of hydrogen-bond acceptors (Lipinski definition) is 13. The van der Waals surface area contributed by atoms with E-state index in [9.17, 15) is 24.8 Å². The Morgan fingerprint density at radius 3 is 2.16 bits per heavy atom. The summed E-state index contributed by atoms with van der Waals surface area (Å²) < 4.78 is 41.8. The first-order valence-corrected chi connectivity index (χ1v) is 13.8. The van der Waals surface area contributed by atoms with Gasteiger partial charge in [0.05, 0.1) is 31.5 Å². The molecule has 0 aromatic carbocycles. The molecule has 0 bridgehead atoms. The van der Waals surface area contributed by atoms with Gasteiger partial charge in [0.15, 0.2) is 12.6 Å². The van der Waals surface area contributed by atoms with Crippen LogP contribution in [-0.2, 0) is 32.6 Å². The molecule has 37 heavy (non-hydrogen) atoms. The third-order valence-electron chi connectivity index (χ3n) is 6.37. The fourth-order valence-corrected chi connectivity index (χ4v) is 4.53. The first kappa shape index (κ1) is 37.8. The second-order valence-electron chi connectivity index (χ2n) is 9.05. The molecule has 2 fully saturated rings. The molecule has 0 aromatic rings. The van der Waals surface area contributed by atoms with E-state index in [1.54, 1.807) is 7.11 Å². The molecule has 2 rings (SSSR count). The topological polar surface area (TPSA) is 202 Å². The molecule has 2 saturated heterocycles. The smallest absolute Gasteiger partial charge is 0.756 e. The van der Waals surface area contributed by atoms with E-state index in [-0.39, 0.29) is 60.6 Å². The van der Waals surface area contributed by atoms with Gasteiger partial charge in [0.1, 0.15) is 12.2 Å². The summed E-state index contributed by atoms with van der Waals surface area (Å²) in [6.45, 7) is 4.41. The number of aliphatic hydroxyl groups excluding tert-OH is 4. The molecule has 216 valence electrons. The van der Waals surface area contributed by atoms with Gasteiger partial charge in [-0.3, -0.25) is 9.09 Å². The van der Waals surface area contributed by atoms with Crippen molar-refractivity contribution in [2.45, 2.75) is 89.1 Å². The van der Waals surface area contributed by atoms with Gasteiger partial charge < -0.3 is 54.5 Å². The Balaban J connectivity index is 0.000000686. The number of unbranched alkanes of at least 4 members (excludes halogenated alkanes) is 3. The standard InChI is InChI=1S/C14H29NO4.C8H17O8P.Na/c1-11-13(17-2)9-12(10-16)19-14(11)18-8-6-4-3-5-7-15;1-4-6(10)7(11)5(3-9)15-8(4)16-17(12,13)14-2;/h11-14,16H,3-10,15H2,1-2H3;4-11H,3H2,1-2H3,(H,12,13);/q;;+1/p-1/t11?,12?,13-,14-;4?,5?,6-,7-,8-;/m01./s1. The zero-order chi connectivity index (χ0) is 27.3. The van der Waals surface area contributed by atoms with Gasteiger partial charge in [-0.2, -0.15) is 0 Å². The molecule has 0 radical (unpaired) electrons. The largest absolute Gasteiger partial charge is 1.00 e. The van der Waals surface area contributed by atoms with Crippen molar-refractivity contribution in [2.75, 3.05) is 40.6 Å². The predicted molar refractivity (Wildman–Crippen MR) is 126 cm³/mol. The Morgan fingerprint density at radius 1 is 0.973 bits per heavy atom. The van der Waals surface area contributed by atoms with Crippen LogP contribution in [0.1, 0.15) is 46.0 Å². The van der Waals surface area contributed by atoms with Gasteiger partial charge in [-0.25, -0.2) is 0 Å². The molecule has 13 nitrogen and oxygen atoms in total. The summed E-state index contributed by atoms with van der Waals surface area (Å²) in [5, 5.41) is 37.3. The second kappa shape index (κ2) is 19.8. The normalized spacial score (nSPS) is 35.6. The fraction of sp³-hybridized carbons (Fsp3) is 1.00. The van der Waals surface area contributed by atoms with Gasteiger partial charge in [-0.05, 0) is 19.4 Å². The number of nitrogens with two attached hydrogens (primary N) is 1. The van der Waals surface area contributed by atoms with Crippen LogP contribution in [0.5, 0.6) is 0 Å². The third kappa shape index (κ3) is 12.9. The van der Waals surface area contributed by atoms with Crippen LogP contribution in [0.15, 0.2) is 0 Å². The number of aliphatic hydroxyl groups is 4. The summed E-state index contributed by atoms with van der Waals surface area (Å²) in [7, 11) is -1.89. The van der Waals surface area contributed by atoms with Gasteiger partial charge in [0, 0.05) is 39.1 Å². The van der Waals surface area contributed by atoms with Crippen molar-refractivity contribution in [1.82, 2.24) is 0 Å². The van der Waals surface area contributed by atoms with Crippen LogP contribution in [0, 0.1) is 11.8 Å². The van der Waals surface area contributed by atoms with Crippen molar-refractivity contribution < 1.29 is 87.4 Å². The molecule has 2 aliphatic rings. The first-order chi connectivity index (χ1) is 17.0. The minimum atomic E-state index is -4.51. The average Bonchev–Trinajstić information content (AvgIpc) is 2.87. The number of methoxy groups -OCH3 is 1. The van der Waals surface area contributed by atoms with E-state index in [1.807, 2.05) is 0 Å². The molecule has 6 N–H and O–H groups in total. The number of hydrogen-bond donors (Lipinski definition) is 5. The Hall–Kier alpha value is 0.750. The maximum absolute atomic E-state index is 11.1. The summed E-state index contributed by atoms with van der Waals surface area (Å²) in [6, 6.07) is 0. The third-order valence-corrected chi connectivity index (χ3v) is 7.28. The summed E-state index contributed by atoms with van der Waals surface area (Å²) in [6.07, 6.45) is -0.228.